The van der Waals surface area contributed by atoms with Crippen molar-refractivity contribution in [3.8, 4) is 11.6 Å². The molecule has 0 atom stereocenters. The molecule has 2 aromatic rings. The predicted molar refractivity (Wildman–Crippen MR) is 102 cm³/mol. The molecule has 0 bridgehead atoms. The molecule has 1 saturated heterocycles. The van der Waals surface area contributed by atoms with Gasteiger partial charge in [-0.25, -0.2) is 4.98 Å². The van der Waals surface area contributed by atoms with E-state index < -0.39 is 0 Å². The lowest BCUT2D eigenvalue weighted by Crippen LogP contribution is -2.40. The molecule has 6 heteroatoms. The summed E-state index contributed by atoms with van der Waals surface area (Å²) in [5.41, 5.74) is 0.507. The summed E-state index contributed by atoms with van der Waals surface area (Å²) in [5, 5.41) is 0. The zero-order chi connectivity index (χ0) is 18.9. The molecule has 1 amide bonds. The van der Waals surface area contributed by atoms with E-state index in [0.717, 1.165) is 18.6 Å². The number of hydrogen-bond donors (Lipinski definition) is 0. The summed E-state index contributed by atoms with van der Waals surface area (Å²) in [6.07, 6.45) is 3.49. The monoisotopic (exact) mass is 370 g/mol. The van der Waals surface area contributed by atoms with Crippen molar-refractivity contribution in [2.24, 2.45) is 5.92 Å². The fourth-order valence-electron chi connectivity index (χ4n) is 3.09. The van der Waals surface area contributed by atoms with Gasteiger partial charge in [-0.1, -0.05) is 18.2 Å². The number of rotatable bonds is 8. The van der Waals surface area contributed by atoms with Gasteiger partial charge in [0.15, 0.2) is 0 Å². The number of hydrogen-bond acceptors (Lipinski definition) is 5. The molecule has 144 valence electrons. The number of amides is 1. The van der Waals surface area contributed by atoms with Crippen molar-refractivity contribution in [1.82, 2.24) is 9.88 Å². The number of piperidine rings is 1. The number of methoxy groups -OCH3 is 1. The average molecular weight is 370 g/mol. The number of likely N-dealkylation sites (tertiary alicyclic amines) is 1. The van der Waals surface area contributed by atoms with Crippen LogP contribution in [-0.2, 0) is 4.74 Å². The lowest BCUT2D eigenvalue weighted by atomic mass is 9.97. The van der Waals surface area contributed by atoms with Crippen LogP contribution in [0.1, 0.15) is 23.2 Å². The Balaban J connectivity index is 1.51. The third-order valence-corrected chi connectivity index (χ3v) is 4.66. The lowest BCUT2D eigenvalue weighted by Gasteiger charge is -2.32. The van der Waals surface area contributed by atoms with E-state index in [1.54, 1.807) is 25.4 Å². The van der Waals surface area contributed by atoms with Gasteiger partial charge in [0.2, 0.25) is 5.88 Å². The SMILES string of the molecule is COCCOc1ncccc1C(=O)N1CCC(COc2ccccc2)CC1. The first-order valence-electron chi connectivity index (χ1n) is 9.32. The van der Waals surface area contributed by atoms with Gasteiger partial charge in [0.05, 0.1) is 13.2 Å². The summed E-state index contributed by atoms with van der Waals surface area (Å²) in [6, 6.07) is 13.4. The maximum atomic E-state index is 12.9. The number of pyridine rings is 1. The molecular weight excluding hydrogens is 344 g/mol. The summed E-state index contributed by atoms with van der Waals surface area (Å²) in [4.78, 5) is 19.0. The fraction of sp³-hybridized carbons (Fsp3) is 0.429. The average Bonchev–Trinajstić information content (AvgIpc) is 2.73. The highest BCUT2D eigenvalue weighted by Gasteiger charge is 2.26. The minimum Gasteiger partial charge on any atom is -0.493 e. The molecule has 1 aromatic heterocycles. The second kappa shape index (κ2) is 9.92. The molecule has 0 aliphatic carbocycles. The van der Waals surface area contributed by atoms with Crippen LogP contribution in [-0.4, -0.2) is 55.8 Å². The van der Waals surface area contributed by atoms with Crippen molar-refractivity contribution in [3.63, 3.8) is 0 Å². The molecular formula is C21H26N2O4. The Morgan fingerprint density at radius 3 is 2.59 bits per heavy atom. The fourth-order valence-corrected chi connectivity index (χ4v) is 3.09. The third-order valence-electron chi connectivity index (χ3n) is 4.66. The first kappa shape index (κ1) is 19.2. The van der Waals surface area contributed by atoms with E-state index in [1.165, 1.54) is 0 Å². The Hall–Kier alpha value is -2.60. The summed E-state index contributed by atoms with van der Waals surface area (Å²) >= 11 is 0. The van der Waals surface area contributed by atoms with Gasteiger partial charge in [-0.2, -0.15) is 0 Å². The van der Waals surface area contributed by atoms with Gasteiger partial charge in [-0.3, -0.25) is 4.79 Å². The van der Waals surface area contributed by atoms with Crippen molar-refractivity contribution in [2.75, 3.05) is 40.0 Å². The standard InChI is InChI=1S/C21H26N2O4/c1-25-14-15-26-20-19(8-5-11-22-20)21(24)23-12-9-17(10-13-23)16-27-18-6-3-2-4-7-18/h2-8,11,17H,9-10,12-16H2,1H3. The molecule has 1 aliphatic rings. The number of nitrogens with zero attached hydrogens (tertiary/aromatic N) is 2. The number of para-hydroxylation sites is 1. The van der Waals surface area contributed by atoms with Gasteiger partial charge in [0, 0.05) is 26.4 Å². The van der Waals surface area contributed by atoms with Crippen LogP contribution in [0, 0.1) is 5.92 Å². The van der Waals surface area contributed by atoms with Crippen molar-refractivity contribution < 1.29 is 19.0 Å². The summed E-state index contributed by atoms with van der Waals surface area (Å²) in [5.74, 6) is 1.69. The molecule has 1 aromatic carbocycles. The van der Waals surface area contributed by atoms with E-state index in [1.807, 2.05) is 35.2 Å². The van der Waals surface area contributed by atoms with Crippen molar-refractivity contribution >= 4 is 5.91 Å². The largest absolute Gasteiger partial charge is 0.493 e. The highest BCUT2D eigenvalue weighted by atomic mass is 16.5. The molecule has 3 rings (SSSR count). The van der Waals surface area contributed by atoms with Crippen LogP contribution in [0.5, 0.6) is 11.6 Å². The van der Waals surface area contributed by atoms with E-state index in [0.29, 0.717) is 50.3 Å². The highest BCUT2D eigenvalue weighted by Crippen LogP contribution is 2.23. The molecule has 2 heterocycles. The first-order valence-corrected chi connectivity index (χ1v) is 9.32. The Bertz CT molecular complexity index is 715. The van der Waals surface area contributed by atoms with E-state index in [2.05, 4.69) is 4.98 Å². The number of benzene rings is 1. The predicted octanol–water partition coefficient (Wildman–Crippen LogP) is 3.04. The minimum absolute atomic E-state index is 0.0297. The number of carbonyl (C=O) groups is 1. The van der Waals surface area contributed by atoms with Gasteiger partial charge in [-0.05, 0) is 43.0 Å². The highest BCUT2D eigenvalue weighted by molar-refractivity contribution is 5.96. The van der Waals surface area contributed by atoms with Crippen molar-refractivity contribution in [1.29, 1.82) is 0 Å². The summed E-state index contributed by atoms with van der Waals surface area (Å²) in [7, 11) is 1.61. The molecule has 27 heavy (non-hydrogen) atoms. The lowest BCUT2D eigenvalue weighted by molar-refractivity contribution is 0.0653. The zero-order valence-corrected chi connectivity index (χ0v) is 15.7. The second-order valence-electron chi connectivity index (χ2n) is 6.56. The van der Waals surface area contributed by atoms with Gasteiger partial charge in [0.1, 0.15) is 17.9 Å². The van der Waals surface area contributed by atoms with Gasteiger partial charge >= 0.3 is 0 Å². The van der Waals surface area contributed by atoms with E-state index in [-0.39, 0.29) is 5.91 Å². The maximum Gasteiger partial charge on any atom is 0.259 e. The van der Waals surface area contributed by atoms with Gasteiger partial charge < -0.3 is 19.1 Å². The topological polar surface area (TPSA) is 60.9 Å². The smallest absolute Gasteiger partial charge is 0.259 e. The Morgan fingerprint density at radius 2 is 1.85 bits per heavy atom. The number of aromatic nitrogens is 1. The molecule has 0 spiro atoms. The van der Waals surface area contributed by atoms with Crippen LogP contribution in [0.2, 0.25) is 0 Å². The Kier molecular flexibility index (Phi) is 7.04. The van der Waals surface area contributed by atoms with Crippen LogP contribution in [0.3, 0.4) is 0 Å². The quantitative estimate of drug-likeness (QED) is 0.669. The second-order valence-corrected chi connectivity index (χ2v) is 6.56. The van der Waals surface area contributed by atoms with Crippen LogP contribution in [0.4, 0.5) is 0 Å². The summed E-state index contributed by atoms with van der Waals surface area (Å²) in [6.45, 7) is 2.94. The molecule has 0 N–H and O–H groups in total. The number of carbonyl (C=O) groups excluding carboxylic acids is 1. The van der Waals surface area contributed by atoms with Crippen LogP contribution >= 0.6 is 0 Å². The maximum absolute atomic E-state index is 12.9. The Labute approximate surface area is 160 Å². The van der Waals surface area contributed by atoms with E-state index >= 15 is 0 Å². The van der Waals surface area contributed by atoms with Gasteiger partial charge in [0.25, 0.3) is 5.91 Å². The number of ether oxygens (including phenoxy) is 3. The Morgan fingerprint density at radius 1 is 1.07 bits per heavy atom. The molecule has 6 nitrogen and oxygen atoms in total. The molecule has 0 radical (unpaired) electrons. The first-order chi connectivity index (χ1) is 13.3. The van der Waals surface area contributed by atoms with Crippen LogP contribution in [0.15, 0.2) is 48.7 Å². The normalized spacial score (nSPS) is 14.8. The van der Waals surface area contributed by atoms with Crippen LogP contribution < -0.4 is 9.47 Å². The zero-order valence-electron chi connectivity index (χ0n) is 15.7. The third kappa shape index (κ3) is 5.44. The van der Waals surface area contributed by atoms with Crippen molar-refractivity contribution in [2.45, 2.75) is 12.8 Å². The molecule has 1 aliphatic heterocycles. The molecule has 1 fully saturated rings. The van der Waals surface area contributed by atoms with Gasteiger partial charge in [-0.15, -0.1) is 0 Å². The van der Waals surface area contributed by atoms with Crippen molar-refractivity contribution in [3.05, 3.63) is 54.2 Å². The van der Waals surface area contributed by atoms with E-state index in [4.69, 9.17) is 14.2 Å². The van der Waals surface area contributed by atoms with E-state index in [9.17, 15) is 4.79 Å². The molecule has 0 saturated carbocycles. The molecule has 0 unspecified atom stereocenters. The van der Waals surface area contributed by atoms with Crippen LogP contribution in [0.25, 0.3) is 0 Å². The summed E-state index contributed by atoms with van der Waals surface area (Å²) < 4.78 is 16.4. The minimum atomic E-state index is -0.0297.